The maximum absolute atomic E-state index is 5.36. The van der Waals surface area contributed by atoms with Crippen LogP contribution in [0.15, 0.2) is 10.6 Å². The Morgan fingerprint density at radius 2 is 2.43 bits per heavy atom. The fraction of sp³-hybridized carbons (Fsp3) is 0.375. The van der Waals surface area contributed by atoms with E-state index >= 15 is 0 Å². The van der Waals surface area contributed by atoms with Crippen LogP contribution in [-0.2, 0) is 6.42 Å². The molecule has 2 aromatic rings. The van der Waals surface area contributed by atoms with Crippen LogP contribution in [0.3, 0.4) is 0 Å². The van der Waals surface area contributed by atoms with Gasteiger partial charge < -0.3 is 10.3 Å². The van der Waals surface area contributed by atoms with Crippen molar-refractivity contribution in [2.24, 2.45) is 5.73 Å². The number of H-pyrrole nitrogens is 1. The first-order valence-electron chi connectivity index (χ1n) is 4.34. The third kappa shape index (κ3) is 1.64. The van der Waals surface area contributed by atoms with Crippen molar-refractivity contribution >= 4 is 0 Å². The molecule has 0 aliphatic heterocycles. The maximum Gasteiger partial charge on any atom is 0.228 e. The molecule has 0 aliphatic rings. The molecule has 0 saturated heterocycles. The predicted molar refractivity (Wildman–Crippen MR) is 49.4 cm³/mol. The summed E-state index contributed by atoms with van der Waals surface area (Å²) in [6.45, 7) is 2.42. The van der Waals surface area contributed by atoms with E-state index < -0.39 is 0 Å². The lowest BCUT2D eigenvalue weighted by Gasteiger charge is -1.84. The van der Waals surface area contributed by atoms with Gasteiger partial charge in [0.1, 0.15) is 5.69 Å². The summed E-state index contributed by atoms with van der Waals surface area (Å²) in [6, 6.07) is 1.86. The molecule has 14 heavy (non-hydrogen) atoms. The molecule has 0 fully saturated rings. The smallest absolute Gasteiger partial charge is 0.228 e. The summed E-state index contributed by atoms with van der Waals surface area (Å²) < 4.78 is 4.97. The predicted octanol–water partition coefficient (Wildman–Crippen LogP) is 0.269. The van der Waals surface area contributed by atoms with Crippen molar-refractivity contribution in [2.45, 2.75) is 13.3 Å². The molecular formula is C8H11N5O. The second-order valence-corrected chi connectivity index (χ2v) is 2.99. The fourth-order valence-corrected chi connectivity index (χ4v) is 1.12. The van der Waals surface area contributed by atoms with Gasteiger partial charge in [-0.3, -0.25) is 5.10 Å². The number of hydrogen-bond donors (Lipinski definition) is 2. The maximum atomic E-state index is 5.36. The van der Waals surface area contributed by atoms with E-state index in [1.165, 1.54) is 0 Å². The molecule has 3 N–H and O–H groups in total. The van der Waals surface area contributed by atoms with Crippen LogP contribution in [0.4, 0.5) is 0 Å². The number of rotatable bonds is 3. The first-order valence-corrected chi connectivity index (χ1v) is 4.34. The third-order valence-corrected chi connectivity index (χ3v) is 1.76. The SMILES string of the molecule is Cc1cc(-c2noc(CCN)n2)n[nH]1. The fourth-order valence-electron chi connectivity index (χ4n) is 1.12. The molecule has 0 aromatic carbocycles. The van der Waals surface area contributed by atoms with E-state index in [0.29, 0.717) is 30.4 Å². The van der Waals surface area contributed by atoms with E-state index in [1.54, 1.807) is 0 Å². The van der Waals surface area contributed by atoms with Gasteiger partial charge in [0.2, 0.25) is 11.7 Å². The van der Waals surface area contributed by atoms with Crippen LogP contribution >= 0.6 is 0 Å². The summed E-state index contributed by atoms with van der Waals surface area (Å²) in [5, 5.41) is 10.6. The van der Waals surface area contributed by atoms with Crippen molar-refractivity contribution in [3.8, 4) is 11.5 Å². The van der Waals surface area contributed by atoms with E-state index in [-0.39, 0.29) is 0 Å². The van der Waals surface area contributed by atoms with Gasteiger partial charge >= 0.3 is 0 Å². The van der Waals surface area contributed by atoms with Crippen LogP contribution in [-0.4, -0.2) is 26.9 Å². The highest BCUT2D eigenvalue weighted by atomic mass is 16.5. The molecule has 0 unspecified atom stereocenters. The lowest BCUT2D eigenvalue weighted by Crippen LogP contribution is -2.02. The van der Waals surface area contributed by atoms with Crippen molar-refractivity contribution in [1.82, 2.24) is 20.3 Å². The Morgan fingerprint density at radius 1 is 1.57 bits per heavy atom. The van der Waals surface area contributed by atoms with Crippen molar-refractivity contribution in [1.29, 1.82) is 0 Å². The summed E-state index contributed by atoms with van der Waals surface area (Å²) in [4.78, 5) is 4.14. The molecule has 0 amide bonds. The molecule has 0 radical (unpaired) electrons. The number of aromatic amines is 1. The number of nitrogens with one attached hydrogen (secondary N) is 1. The number of hydrogen-bond acceptors (Lipinski definition) is 5. The molecule has 0 bridgehead atoms. The second kappa shape index (κ2) is 3.59. The number of aromatic nitrogens is 4. The molecule has 0 spiro atoms. The Kier molecular flexibility index (Phi) is 2.28. The van der Waals surface area contributed by atoms with Crippen molar-refractivity contribution < 1.29 is 4.52 Å². The average molecular weight is 193 g/mol. The van der Waals surface area contributed by atoms with E-state index in [2.05, 4.69) is 20.3 Å². The molecule has 2 rings (SSSR count). The van der Waals surface area contributed by atoms with Gasteiger partial charge in [-0.2, -0.15) is 10.1 Å². The van der Waals surface area contributed by atoms with Gasteiger partial charge in [-0.05, 0) is 13.0 Å². The zero-order valence-electron chi connectivity index (χ0n) is 7.82. The number of nitrogens with two attached hydrogens (primary N) is 1. The van der Waals surface area contributed by atoms with Crippen molar-refractivity contribution in [3.63, 3.8) is 0 Å². The molecule has 2 heterocycles. The van der Waals surface area contributed by atoms with E-state index in [0.717, 1.165) is 5.69 Å². The van der Waals surface area contributed by atoms with E-state index in [9.17, 15) is 0 Å². The van der Waals surface area contributed by atoms with Gasteiger partial charge in [0.25, 0.3) is 0 Å². The number of aryl methyl sites for hydroxylation is 1. The average Bonchev–Trinajstić information content (AvgIpc) is 2.74. The summed E-state index contributed by atoms with van der Waals surface area (Å²) in [5.41, 5.74) is 7.02. The topological polar surface area (TPSA) is 93.6 Å². The highest BCUT2D eigenvalue weighted by molar-refractivity contribution is 5.47. The van der Waals surface area contributed by atoms with Gasteiger partial charge in [0, 0.05) is 18.7 Å². The molecule has 0 atom stereocenters. The molecular weight excluding hydrogens is 182 g/mol. The Bertz CT molecular complexity index is 419. The minimum absolute atomic E-state index is 0.498. The highest BCUT2D eigenvalue weighted by Crippen LogP contribution is 2.13. The highest BCUT2D eigenvalue weighted by Gasteiger charge is 2.09. The molecule has 6 nitrogen and oxygen atoms in total. The van der Waals surface area contributed by atoms with E-state index in [1.807, 2.05) is 13.0 Å². The Hall–Kier alpha value is -1.69. The summed E-state index contributed by atoms with van der Waals surface area (Å²) in [5.74, 6) is 1.04. The van der Waals surface area contributed by atoms with Crippen molar-refractivity contribution in [3.05, 3.63) is 17.7 Å². The number of nitrogens with zero attached hydrogens (tertiary/aromatic N) is 3. The first kappa shape index (κ1) is 8.89. The zero-order valence-corrected chi connectivity index (χ0v) is 7.82. The van der Waals surface area contributed by atoms with Gasteiger partial charge in [-0.25, -0.2) is 0 Å². The van der Waals surface area contributed by atoms with Crippen LogP contribution < -0.4 is 5.73 Å². The molecule has 74 valence electrons. The first-order chi connectivity index (χ1) is 6.79. The van der Waals surface area contributed by atoms with Crippen LogP contribution in [0.5, 0.6) is 0 Å². The molecule has 2 aromatic heterocycles. The quantitative estimate of drug-likeness (QED) is 0.729. The zero-order chi connectivity index (χ0) is 9.97. The molecule has 0 saturated carbocycles. The van der Waals surface area contributed by atoms with Crippen molar-refractivity contribution in [2.75, 3.05) is 6.54 Å². The largest absolute Gasteiger partial charge is 0.339 e. The molecule has 6 heteroatoms. The lowest BCUT2D eigenvalue weighted by atomic mass is 10.3. The van der Waals surface area contributed by atoms with Crippen LogP contribution in [0.2, 0.25) is 0 Å². The van der Waals surface area contributed by atoms with Gasteiger partial charge in [0.05, 0.1) is 0 Å². The Balaban J connectivity index is 2.24. The minimum atomic E-state index is 0.498. The summed E-state index contributed by atoms with van der Waals surface area (Å²) in [7, 11) is 0. The standard InChI is InChI=1S/C8H11N5O/c1-5-4-6(12-11-5)8-10-7(2-3-9)14-13-8/h4H,2-3,9H2,1H3,(H,11,12). The normalized spacial score (nSPS) is 10.7. The molecule has 0 aliphatic carbocycles. The second-order valence-electron chi connectivity index (χ2n) is 2.99. The van der Waals surface area contributed by atoms with E-state index in [4.69, 9.17) is 10.3 Å². The Labute approximate surface area is 80.5 Å². The Morgan fingerprint density at radius 3 is 3.07 bits per heavy atom. The van der Waals surface area contributed by atoms with Gasteiger partial charge in [-0.1, -0.05) is 5.16 Å². The lowest BCUT2D eigenvalue weighted by molar-refractivity contribution is 0.380. The van der Waals surface area contributed by atoms with Crippen LogP contribution in [0.1, 0.15) is 11.6 Å². The monoisotopic (exact) mass is 193 g/mol. The minimum Gasteiger partial charge on any atom is -0.339 e. The van der Waals surface area contributed by atoms with Gasteiger partial charge in [0.15, 0.2) is 0 Å². The summed E-state index contributed by atoms with van der Waals surface area (Å²) in [6.07, 6.45) is 0.594. The van der Waals surface area contributed by atoms with Gasteiger partial charge in [-0.15, -0.1) is 0 Å². The van der Waals surface area contributed by atoms with Crippen LogP contribution in [0.25, 0.3) is 11.5 Å². The third-order valence-electron chi connectivity index (χ3n) is 1.76. The van der Waals surface area contributed by atoms with Crippen LogP contribution in [0, 0.1) is 6.92 Å². The summed E-state index contributed by atoms with van der Waals surface area (Å²) >= 11 is 0.